The molecule has 1 fully saturated rings. The number of nitrogens with one attached hydrogen (secondary N) is 1. The summed E-state index contributed by atoms with van der Waals surface area (Å²) in [6, 6.07) is 8.26. The molecule has 1 aromatic heterocycles. The van der Waals surface area contributed by atoms with E-state index in [1.165, 1.54) is 6.07 Å². The van der Waals surface area contributed by atoms with Crippen LogP contribution >= 0.6 is 34.2 Å². The van der Waals surface area contributed by atoms with Crippen LogP contribution in [-0.2, 0) is 11.3 Å². The average Bonchev–Trinajstić information content (AvgIpc) is 3.12. The molecule has 0 saturated heterocycles. The molecule has 31 heavy (non-hydrogen) atoms. The minimum absolute atomic E-state index is 0.0844. The van der Waals surface area contributed by atoms with Crippen molar-refractivity contribution in [1.29, 1.82) is 0 Å². The highest BCUT2D eigenvalue weighted by Gasteiger charge is 2.27. The Hall–Kier alpha value is -2.20. The number of aliphatic carboxylic acids is 1. The summed E-state index contributed by atoms with van der Waals surface area (Å²) in [6.07, 6.45) is 3.96. The molecule has 0 bridgehead atoms. The van der Waals surface area contributed by atoms with Gasteiger partial charge in [-0.25, -0.2) is 4.39 Å². The lowest BCUT2D eigenvalue weighted by Gasteiger charge is -2.27. The van der Waals surface area contributed by atoms with E-state index in [4.69, 9.17) is 16.7 Å². The zero-order chi connectivity index (χ0) is 22.1. The minimum Gasteiger partial charge on any atom is -0.481 e. The summed E-state index contributed by atoms with van der Waals surface area (Å²) in [7, 11) is 0. The topological polar surface area (TPSA) is 84.2 Å². The lowest BCUT2D eigenvalue weighted by atomic mass is 9.86. The number of halogens is 3. The van der Waals surface area contributed by atoms with Crippen molar-refractivity contribution >= 4 is 57.0 Å². The van der Waals surface area contributed by atoms with Gasteiger partial charge in [-0.3, -0.25) is 14.3 Å². The van der Waals surface area contributed by atoms with Crippen molar-refractivity contribution in [2.24, 2.45) is 5.92 Å². The molecule has 2 N–H and O–H groups in total. The van der Waals surface area contributed by atoms with E-state index in [9.17, 15) is 14.0 Å². The van der Waals surface area contributed by atoms with Gasteiger partial charge in [0.1, 0.15) is 5.82 Å². The molecule has 0 aliphatic heterocycles. The Morgan fingerprint density at radius 3 is 2.65 bits per heavy atom. The number of aromatic nitrogens is 2. The second-order valence-electron chi connectivity index (χ2n) is 7.80. The van der Waals surface area contributed by atoms with E-state index in [1.54, 1.807) is 29.1 Å². The quantitative estimate of drug-likeness (QED) is 0.441. The summed E-state index contributed by atoms with van der Waals surface area (Å²) in [4.78, 5) is 24.3. The van der Waals surface area contributed by atoms with Crippen LogP contribution in [0.1, 0.15) is 41.6 Å². The summed E-state index contributed by atoms with van der Waals surface area (Å²) < 4.78 is 16.2. The van der Waals surface area contributed by atoms with E-state index < -0.39 is 5.97 Å². The fraction of sp³-hybridized carbons (Fsp3) is 0.318. The first kappa shape index (κ1) is 22.0. The largest absolute Gasteiger partial charge is 0.481 e. The molecule has 9 heteroatoms. The molecule has 1 saturated carbocycles. The number of benzene rings is 2. The molecule has 0 atom stereocenters. The fourth-order valence-electron chi connectivity index (χ4n) is 4.05. The highest BCUT2D eigenvalue weighted by Crippen LogP contribution is 2.28. The number of fused-ring (bicyclic) bond motifs is 1. The van der Waals surface area contributed by atoms with Gasteiger partial charge < -0.3 is 10.4 Å². The van der Waals surface area contributed by atoms with Crippen molar-refractivity contribution < 1.29 is 19.1 Å². The van der Waals surface area contributed by atoms with E-state index in [0.717, 1.165) is 10.9 Å². The second-order valence-corrected chi connectivity index (χ2v) is 9.40. The minimum atomic E-state index is -0.780. The second kappa shape index (κ2) is 9.12. The maximum Gasteiger partial charge on any atom is 0.306 e. The van der Waals surface area contributed by atoms with Crippen molar-refractivity contribution in [3.8, 4) is 0 Å². The molecule has 0 radical (unpaired) electrons. The zero-order valence-electron chi connectivity index (χ0n) is 16.4. The SMILES string of the molecule is O=C(NC1CCC(C(=O)O)CC1)c1cc(Cl)cc2cnn(Cc3ccc(I)c(F)c3)c12. The fourth-order valence-corrected chi connectivity index (χ4v) is 4.61. The van der Waals surface area contributed by atoms with Crippen molar-refractivity contribution in [3.63, 3.8) is 0 Å². The van der Waals surface area contributed by atoms with Crippen LogP contribution in [0.5, 0.6) is 0 Å². The van der Waals surface area contributed by atoms with E-state index >= 15 is 0 Å². The molecule has 1 heterocycles. The van der Waals surface area contributed by atoms with Gasteiger partial charge in [0.15, 0.2) is 0 Å². The number of carbonyl (C=O) groups excluding carboxylic acids is 1. The van der Waals surface area contributed by atoms with Crippen LogP contribution in [-0.4, -0.2) is 32.8 Å². The van der Waals surface area contributed by atoms with Crippen LogP contribution < -0.4 is 5.32 Å². The third kappa shape index (κ3) is 4.85. The summed E-state index contributed by atoms with van der Waals surface area (Å²) >= 11 is 8.18. The number of hydrogen-bond acceptors (Lipinski definition) is 3. The average molecular weight is 556 g/mol. The molecule has 1 amide bonds. The van der Waals surface area contributed by atoms with Crippen LogP contribution in [0.3, 0.4) is 0 Å². The zero-order valence-corrected chi connectivity index (χ0v) is 19.4. The molecule has 4 rings (SSSR count). The highest BCUT2D eigenvalue weighted by atomic mass is 127. The van der Waals surface area contributed by atoms with Crippen molar-refractivity contribution in [2.45, 2.75) is 38.3 Å². The monoisotopic (exact) mass is 555 g/mol. The number of carboxylic acids is 1. The Morgan fingerprint density at radius 2 is 1.97 bits per heavy atom. The van der Waals surface area contributed by atoms with Crippen LogP contribution in [0.4, 0.5) is 4.39 Å². The molecule has 0 unspecified atom stereocenters. The van der Waals surface area contributed by atoms with Crippen LogP contribution in [0, 0.1) is 15.3 Å². The van der Waals surface area contributed by atoms with E-state index in [0.29, 0.717) is 51.9 Å². The molecule has 0 spiro atoms. The number of carboxylic acid groups (broad SMARTS) is 1. The van der Waals surface area contributed by atoms with Gasteiger partial charge in [0, 0.05) is 20.0 Å². The predicted octanol–water partition coefficient (Wildman–Crippen LogP) is 4.85. The first-order valence-corrected chi connectivity index (χ1v) is 11.4. The Bertz CT molecular complexity index is 1160. The third-order valence-electron chi connectivity index (χ3n) is 5.67. The predicted molar refractivity (Wildman–Crippen MR) is 124 cm³/mol. The molecule has 1 aliphatic carbocycles. The molecule has 3 aromatic rings. The summed E-state index contributed by atoms with van der Waals surface area (Å²) in [5, 5.41) is 17.7. The number of carbonyl (C=O) groups is 2. The maximum absolute atomic E-state index is 14.0. The molecule has 6 nitrogen and oxygen atoms in total. The van der Waals surface area contributed by atoms with Gasteiger partial charge in [-0.1, -0.05) is 17.7 Å². The van der Waals surface area contributed by atoms with Gasteiger partial charge in [0.2, 0.25) is 0 Å². The van der Waals surface area contributed by atoms with E-state index in [2.05, 4.69) is 10.4 Å². The van der Waals surface area contributed by atoms with E-state index in [-0.39, 0.29) is 23.7 Å². The van der Waals surface area contributed by atoms with Gasteiger partial charge in [-0.15, -0.1) is 0 Å². The molecular formula is C22H20ClFIN3O3. The Balaban J connectivity index is 1.59. The molecule has 2 aromatic carbocycles. The first-order chi connectivity index (χ1) is 14.8. The lowest BCUT2D eigenvalue weighted by Crippen LogP contribution is -2.38. The molecule has 1 aliphatic rings. The maximum atomic E-state index is 14.0. The first-order valence-electron chi connectivity index (χ1n) is 9.94. The highest BCUT2D eigenvalue weighted by molar-refractivity contribution is 14.1. The number of amides is 1. The van der Waals surface area contributed by atoms with Crippen molar-refractivity contribution in [2.75, 3.05) is 0 Å². The molecular weight excluding hydrogens is 536 g/mol. The standard InChI is InChI=1S/C22H20ClFIN3O3/c23-15-8-14-10-26-28(11-12-1-6-19(25)18(24)7-12)20(14)17(9-15)21(29)27-16-4-2-13(3-5-16)22(30)31/h1,6-10,13,16H,2-5,11H2,(H,27,29)(H,30,31). The smallest absolute Gasteiger partial charge is 0.306 e. The van der Waals surface area contributed by atoms with E-state index in [1.807, 2.05) is 28.7 Å². The Morgan fingerprint density at radius 1 is 1.23 bits per heavy atom. The van der Waals surface area contributed by atoms with Crippen LogP contribution in [0.2, 0.25) is 5.02 Å². The Labute approximate surface area is 196 Å². The van der Waals surface area contributed by atoms with Gasteiger partial charge in [-0.2, -0.15) is 5.10 Å². The van der Waals surface area contributed by atoms with Crippen LogP contribution in [0.15, 0.2) is 36.5 Å². The van der Waals surface area contributed by atoms with Gasteiger partial charge in [0.25, 0.3) is 5.91 Å². The normalized spacial score (nSPS) is 18.8. The van der Waals surface area contributed by atoms with Crippen LogP contribution in [0.25, 0.3) is 10.9 Å². The third-order valence-corrected chi connectivity index (χ3v) is 6.76. The van der Waals surface area contributed by atoms with Crippen molar-refractivity contribution in [3.05, 3.63) is 62.1 Å². The number of hydrogen-bond donors (Lipinski definition) is 2. The Kier molecular flexibility index (Phi) is 6.47. The number of rotatable bonds is 5. The summed E-state index contributed by atoms with van der Waals surface area (Å²) in [5.74, 6) is -1.70. The van der Waals surface area contributed by atoms with Crippen molar-refractivity contribution in [1.82, 2.24) is 15.1 Å². The lowest BCUT2D eigenvalue weighted by molar-refractivity contribution is -0.142. The van der Waals surface area contributed by atoms with Gasteiger partial charge >= 0.3 is 5.97 Å². The van der Waals surface area contributed by atoms with Gasteiger partial charge in [-0.05, 0) is 78.1 Å². The summed E-state index contributed by atoms with van der Waals surface area (Å²) in [6.45, 7) is 0.309. The summed E-state index contributed by atoms with van der Waals surface area (Å²) in [5.41, 5.74) is 1.75. The van der Waals surface area contributed by atoms with Gasteiger partial charge in [0.05, 0.1) is 29.7 Å². The number of nitrogens with zero attached hydrogens (tertiary/aromatic N) is 2. The molecule has 162 valence electrons.